The Bertz CT molecular complexity index is 1400. The quantitative estimate of drug-likeness (QED) is 0.539. The second-order valence-electron chi connectivity index (χ2n) is 9.78. The van der Waals surface area contributed by atoms with E-state index < -0.39 is 10.0 Å². The van der Waals surface area contributed by atoms with Gasteiger partial charge in [0, 0.05) is 30.5 Å². The van der Waals surface area contributed by atoms with Crippen molar-refractivity contribution in [1.82, 2.24) is 24.2 Å². The number of benzene rings is 1. The van der Waals surface area contributed by atoms with Gasteiger partial charge in [-0.15, -0.1) is 0 Å². The Balaban J connectivity index is 1.66. The lowest BCUT2D eigenvalue weighted by Crippen LogP contribution is -2.36. The van der Waals surface area contributed by atoms with Gasteiger partial charge in [-0.25, -0.2) is 17.9 Å². The molecule has 1 amide bonds. The normalized spacial score (nSPS) is 17.5. The molecule has 1 aliphatic heterocycles. The van der Waals surface area contributed by atoms with E-state index in [1.165, 1.54) is 17.8 Å². The van der Waals surface area contributed by atoms with Gasteiger partial charge in [0.05, 0.1) is 12.7 Å². The highest BCUT2D eigenvalue weighted by molar-refractivity contribution is 7.89. The summed E-state index contributed by atoms with van der Waals surface area (Å²) < 4.78 is 35.6. The van der Waals surface area contributed by atoms with Crippen molar-refractivity contribution in [2.45, 2.75) is 69.7 Å². The summed E-state index contributed by atoms with van der Waals surface area (Å²) in [5.41, 5.74) is 3.49. The van der Waals surface area contributed by atoms with Crippen LogP contribution in [0.2, 0.25) is 0 Å². The van der Waals surface area contributed by atoms with E-state index in [9.17, 15) is 13.2 Å². The lowest BCUT2D eigenvalue weighted by Gasteiger charge is -2.22. The molecule has 9 nitrogen and oxygen atoms in total. The lowest BCUT2D eigenvalue weighted by molar-refractivity contribution is 0.0923. The molecule has 0 radical (unpaired) electrons. The number of carbonyl (C=O) groups is 1. The number of sulfonamides is 1. The Morgan fingerprint density at radius 3 is 2.47 bits per heavy atom. The Morgan fingerprint density at radius 1 is 1.06 bits per heavy atom. The van der Waals surface area contributed by atoms with Crippen LogP contribution in [0.25, 0.3) is 16.8 Å². The van der Waals surface area contributed by atoms with E-state index in [1.54, 1.807) is 22.7 Å². The van der Waals surface area contributed by atoms with Crippen molar-refractivity contribution in [2.24, 2.45) is 0 Å². The third-order valence-corrected chi connectivity index (χ3v) is 9.11. The maximum Gasteiger partial charge on any atom is 0.272 e. The highest BCUT2D eigenvalue weighted by Crippen LogP contribution is 2.36. The van der Waals surface area contributed by atoms with Gasteiger partial charge in [-0.05, 0) is 63.3 Å². The van der Waals surface area contributed by atoms with Crippen LogP contribution in [0.15, 0.2) is 29.2 Å². The van der Waals surface area contributed by atoms with E-state index in [-0.39, 0.29) is 28.3 Å². The average molecular weight is 512 g/mol. The topological polar surface area (TPSA) is 106 Å². The number of amides is 1. The van der Waals surface area contributed by atoms with Gasteiger partial charge in [0.25, 0.3) is 5.91 Å². The van der Waals surface area contributed by atoms with Crippen LogP contribution in [0.3, 0.4) is 0 Å². The second kappa shape index (κ2) is 9.82. The van der Waals surface area contributed by atoms with Crippen LogP contribution in [0.4, 0.5) is 0 Å². The molecule has 3 aromatic rings. The maximum absolute atomic E-state index is 13.5. The number of ether oxygens (including phenoxy) is 1. The molecule has 1 aromatic carbocycles. The number of hydrogen-bond acceptors (Lipinski definition) is 6. The zero-order valence-corrected chi connectivity index (χ0v) is 21.9. The molecule has 36 heavy (non-hydrogen) atoms. The van der Waals surface area contributed by atoms with Crippen LogP contribution in [-0.2, 0) is 10.0 Å². The Kier molecular flexibility index (Phi) is 6.74. The first kappa shape index (κ1) is 24.7. The van der Waals surface area contributed by atoms with Crippen molar-refractivity contribution in [2.75, 3.05) is 20.2 Å². The minimum atomic E-state index is -3.76. The second-order valence-corrected chi connectivity index (χ2v) is 11.7. The van der Waals surface area contributed by atoms with Crippen LogP contribution in [0.1, 0.15) is 66.8 Å². The molecular weight excluding hydrogens is 478 g/mol. The Labute approximate surface area is 211 Å². The summed E-state index contributed by atoms with van der Waals surface area (Å²) in [5, 5.41) is 7.82. The SMILES string of the molecule is COc1ccc(-c2c(C(=O)NC3CCCCC3)nn3c(C)cc(C)nc23)cc1S(=O)(=O)N1CCCC1. The van der Waals surface area contributed by atoms with Gasteiger partial charge in [-0.1, -0.05) is 25.3 Å². The third-order valence-electron chi connectivity index (χ3n) is 7.19. The van der Waals surface area contributed by atoms with Crippen molar-refractivity contribution in [3.63, 3.8) is 0 Å². The molecule has 10 heteroatoms. The monoisotopic (exact) mass is 511 g/mol. The molecule has 5 rings (SSSR count). The van der Waals surface area contributed by atoms with Gasteiger partial charge in [0.2, 0.25) is 10.0 Å². The third kappa shape index (κ3) is 4.48. The van der Waals surface area contributed by atoms with E-state index in [4.69, 9.17) is 9.72 Å². The molecule has 1 N–H and O–H groups in total. The molecule has 192 valence electrons. The van der Waals surface area contributed by atoms with Crippen LogP contribution < -0.4 is 10.1 Å². The molecule has 3 heterocycles. The Hall–Kier alpha value is -2.98. The summed E-state index contributed by atoms with van der Waals surface area (Å²) in [6.07, 6.45) is 6.95. The van der Waals surface area contributed by atoms with Gasteiger partial charge in [-0.3, -0.25) is 4.79 Å². The van der Waals surface area contributed by atoms with Crippen LogP contribution in [0.5, 0.6) is 5.75 Å². The predicted octanol–water partition coefficient (Wildman–Crippen LogP) is 3.87. The molecule has 0 spiro atoms. The molecule has 1 aliphatic carbocycles. The van der Waals surface area contributed by atoms with E-state index in [0.717, 1.165) is 49.9 Å². The van der Waals surface area contributed by atoms with Crippen molar-refractivity contribution in [3.05, 3.63) is 41.3 Å². The average Bonchev–Trinajstić information content (AvgIpc) is 3.53. The largest absolute Gasteiger partial charge is 0.495 e. The lowest BCUT2D eigenvalue weighted by atomic mass is 9.95. The van der Waals surface area contributed by atoms with Gasteiger partial charge in [0.1, 0.15) is 10.6 Å². The first-order valence-corrected chi connectivity index (χ1v) is 14.1. The zero-order chi connectivity index (χ0) is 25.4. The molecule has 2 fully saturated rings. The zero-order valence-electron chi connectivity index (χ0n) is 21.1. The number of aromatic nitrogens is 3. The summed E-state index contributed by atoms with van der Waals surface area (Å²) in [5.74, 6) is 0.00914. The fourth-order valence-corrected chi connectivity index (χ4v) is 7.05. The molecule has 1 saturated carbocycles. The summed E-state index contributed by atoms with van der Waals surface area (Å²) in [6, 6.07) is 7.04. The van der Waals surface area contributed by atoms with E-state index in [0.29, 0.717) is 29.9 Å². The molecule has 2 aliphatic rings. The number of aryl methyl sites for hydroxylation is 2. The van der Waals surface area contributed by atoms with E-state index in [1.807, 2.05) is 19.9 Å². The number of methoxy groups -OCH3 is 1. The Morgan fingerprint density at radius 2 is 1.78 bits per heavy atom. The molecule has 2 aromatic heterocycles. The van der Waals surface area contributed by atoms with Crippen LogP contribution >= 0.6 is 0 Å². The van der Waals surface area contributed by atoms with Gasteiger partial charge >= 0.3 is 0 Å². The van der Waals surface area contributed by atoms with Crippen molar-refractivity contribution >= 4 is 21.6 Å². The summed E-state index contributed by atoms with van der Waals surface area (Å²) >= 11 is 0. The van der Waals surface area contributed by atoms with Crippen molar-refractivity contribution < 1.29 is 17.9 Å². The van der Waals surface area contributed by atoms with Crippen molar-refractivity contribution in [3.8, 4) is 16.9 Å². The van der Waals surface area contributed by atoms with E-state index in [2.05, 4.69) is 10.4 Å². The number of nitrogens with one attached hydrogen (secondary N) is 1. The standard InChI is InChI=1S/C26H33N5O4S/c1-17-15-18(2)31-25(27-17)23(24(29-31)26(32)28-20-9-5-4-6-10-20)19-11-12-21(35-3)22(16-19)36(33,34)30-13-7-8-14-30/h11-12,15-16,20H,4-10,13-14H2,1-3H3,(H,28,32). The smallest absolute Gasteiger partial charge is 0.272 e. The minimum absolute atomic E-state index is 0.0896. The number of carbonyl (C=O) groups excluding carboxylic acids is 1. The van der Waals surface area contributed by atoms with Gasteiger partial charge < -0.3 is 10.1 Å². The van der Waals surface area contributed by atoms with E-state index >= 15 is 0 Å². The minimum Gasteiger partial charge on any atom is -0.495 e. The summed E-state index contributed by atoms with van der Waals surface area (Å²) in [7, 11) is -2.30. The van der Waals surface area contributed by atoms with Crippen LogP contribution in [-0.4, -0.2) is 59.5 Å². The summed E-state index contributed by atoms with van der Waals surface area (Å²) in [4.78, 5) is 18.3. The summed E-state index contributed by atoms with van der Waals surface area (Å²) in [6.45, 7) is 4.78. The van der Waals surface area contributed by atoms with Gasteiger partial charge in [0.15, 0.2) is 11.3 Å². The highest BCUT2D eigenvalue weighted by atomic mass is 32.2. The maximum atomic E-state index is 13.5. The van der Waals surface area contributed by atoms with Crippen LogP contribution in [0, 0.1) is 13.8 Å². The number of rotatable bonds is 6. The fraction of sp³-hybridized carbons (Fsp3) is 0.500. The number of fused-ring (bicyclic) bond motifs is 1. The molecule has 1 saturated heterocycles. The first-order chi connectivity index (χ1) is 17.3. The molecule has 0 bridgehead atoms. The molecule has 0 atom stereocenters. The van der Waals surface area contributed by atoms with Crippen molar-refractivity contribution in [1.29, 1.82) is 0 Å². The highest BCUT2D eigenvalue weighted by Gasteiger charge is 2.32. The number of hydrogen-bond donors (Lipinski definition) is 1. The number of nitrogens with zero attached hydrogens (tertiary/aromatic N) is 4. The molecule has 0 unspecified atom stereocenters. The predicted molar refractivity (Wildman–Crippen MR) is 137 cm³/mol. The fourth-order valence-electron chi connectivity index (χ4n) is 5.35. The molecular formula is C26H33N5O4S. The van der Waals surface area contributed by atoms with Gasteiger partial charge in [-0.2, -0.15) is 9.40 Å². The first-order valence-electron chi connectivity index (χ1n) is 12.7.